The van der Waals surface area contributed by atoms with E-state index in [0.29, 0.717) is 11.8 Å². The minimum Gasteiger partial charge on any atom is -0.338 e. The zero-order chi connectivity index (χ0) is 13.3. The Morgan fingerprint density at radius 3 is 2.33 bits per heavy atom. The number of hydrogen-bond donors (Lipinski definition) is 1. The van der Waals surface area contributed by atoms with Crippen molar-refractivity contribution in [3.63, 3.8) is 0 Å². The zero-order valence-electron chi connectivity index (χ0n) is 9.89. The summed E-state index contributed by atoms with van der Waals surface area (Å²) in [7, 11) is 0. The Labute approximate surface area is 102 Å². The van der Waals surface area contributed by atoms with Crippen LogP contribution < -0.4 is 5.32 Å². The molecule has 1 heterocycles. The molecule has 0 aliphatic rings. The van der Waals surface area contributed by atoms with Gasteiger partial charge in [-0.1, -0.05) is 6.07 Å². The van der Waals surface area contributed by atoms with Crippen molar-refractivity contribution in [2.24, 2.45) is 0 Å². The van der Waals surface area contributed by atoms with Gasteiger partial charge in [0, 0.05) is 11.8 Å². The highest BCUT2D eigenvalue weighted by Gasteiger charge is 2.11. The van der Waals surface area contributed by atoms with Gasteiger partial charge in [0.25, 0.3) is 5.95 Å². The number of aryl methyl sites for hydroxylation is 2. The van der Waals surface area contributed by atoms with Gasteiger partial charge in [-0.3, -0.25) is 0 Å². The second kappa shape index (κ2) is 4.68. The van der Waals surface area contributed by atoms with Gasteiger partial charge in [-0.15, -0.1) is 0 Å². The van der Waals surface area contributed by atoms with Crippen LogP contribution in [0.5, 0.6) is 0 Å². The molecule has 0 atom stereocenters. The quantitative estimate of drug-likeness (QED) is 0.821. The summed E-state index contributed by atoms with van der Waals surface area (Å²) < 4.78 is 39.0. The van der Waals surface area contributed by atoms with E-state index in [9.17, 15) is 13.2 Å². The van der Waals surface area contributed by atoms with Gasteiger partial charge in [-0.25, -0.2) is 8.78 Å². The molecule has 2 aromatic rings. The van der Waals surface area contributed by atoms with E-state index in [-0.39, 0.29) is 5.82 Å². The monoisotopic (exact) mass is 252 g/mol. The number of anilines is 2. The predicted molar refractivity (Wildman–Crippen MR) is 63.3 cm³/mol. The molecular formula is C13H11F3N2. The molecule has 1 aromatic carbocycles. The molecule has 2 rings (SSSR count). The van der Waals surface area contributed by atoms with E-state index < -0.39 is 17.6 Å². The summed E-state index contributed by atoms with van der Waals surface area (Å²) in [5.74, 6) is -3.91. The van der Waals surface area contributed by atoms with Crippen molar-refractivity contribution >= 4 is 11.5 Å². The zero-order valence-corrected chi connectivity index (χ0v) is 9.89. The van der Waals surface area contributed by atoms with Crippen molar-refractivity contribution in [3.05, 3.63) is 53.0 Å². The largest absolute Gasteiger partial charge is 0.338 e. The minimum absolute atomic E-state index is 0.336. The second-order valence-corrected chi connectivity index (χ2v) is 4.02. The predicted octanol–water partition coefficient (Wildman–Crippen LogP) is 3.86. The molecule has 0 radical (unpaired) electrons. The maximum absolute atomic E-state index is 13.4. The van der Waals surface area contributed by atoms with E-state index in [1.807, 2.05) is 19.9 Å². The van der Waals surface area contributed by atoms with Gasteiger partial charge >= 0.3 is 0 Å². The van der Waals surface area contributed by atoms with Crippen LogP contribution in [0.4, 0.5) is 24.7 Å². The maximum atomic E-state index is 13.4. The molecule has 0 aliphatic heterocycles. The number of hydrogen-bond acceptors (Lipinski definition) is 2. The van der Waals surface area contributed by atoms with Crippen LogP contribution in [-0.4, -0.2) is 4.98 Å². The van der Waals surface area contributed by atoms with Crippen LogP contribution in [0, 0.1) is 31.4 Å². The van der Waals surface area contributed by atoms with E-state index in [0.717, 1.165) is 11.1 Å². The molecule has 0 saturated carbocycles. The van der Waals surface area contributed by atoms with Crippen molar-refractivity contribution in [1.29, 1.82) is 0 Å². The van der Waals surface area contributed by atoms with E-state index >= 15 is 0 Å². The molecule has 5 heteroatoms. The van der Waals surface area contributed by atoms with Gasteiger partial charge in [0.1, 0.15) is 0 Å². The molecular weight excluding hydrogens is 241 g/mol. The summed E-state index contributed by atoms with van der Waals surface area (Å²) in [4.78, 5) is 3.19. The summed E-state index contributed by atoms with van der Waals surface area (Å²) in [6.07, 6.45) is 0. The normalized spacial score (nSPS) is 10.5. The number of halogens is 3. The maximum Gasteiger partial charge on any atom is 0.251 e. The Bertz CT molecular complexity index is 597. The fourth-order valence-electron chi connectivity index (χ4n) is 1.49. The summed E-state index contributed by atoms with van der Waals surface area (Å²) in [6.45, 7) is 3.84. The molecule has 1 aromatic heterocycles. The Morgan fingerprint density at radius 2 is 1.67 bits per heavy atom. The lowest BCUT2D eigenvalue weighted by Gasteiger charge is -2.09. The number of benzene rings is 1. The first-order valence-electron chi connectivity index (χ1n) is 5.33. The fourth-order valence-corrected chi connectivity index (χ4v) is 1.49. The first-order chi connectivity index (χ1) is 8.47. The Balaban J connectivity index is 2.34. The van der Waals surface area contributed by atoms with Crippen molar-refractivity contribution < 1.29 is 13.2 Å². The first-order valence-corrected chi connectivity index (χ1v) is 5.33. The number of pyridine rings is 1. The average molecular weight is 252 g/mol. The first kappa shape index (κ1) is 12.4. The number of aromatic nitrogens is 1. The lowest BCUT2D eigenvalue weighted by atomic mass is 10.1. The summed E-state index contributed by atoms with van der Waals surface area (Å²) >= 11 is 0. The molecule has 0 aliphatic carbocycles. The highest BCUT2D eigenvalue weighted by Crippen LogP contribution is 2.21. The van der Waals surface area contributed by atoms with Gasteiger partial charge in [0.05, 0.1) is 0 Å². The molecule has 0 bridgehead atoms. The molecule has 0 fully saturated rings. The van der Waals surface area contributed by atoms with Crippen LogP contribution >= 0.6 is 0 Å². The van der Waals surface area contributed by atoms with Crippen molar-refractivity contribution in [2.45, 2.75) is 13.8 Å². The average Bonchev–Trinajstić information content (AvgIpc) is 2.31. The topological polar surface area (TPSA) is 24.9 Å². The van der Waals surface area contributed by atoms with Crippen molar-refractivity contribution in [2.75, 3.05) is 5.32 Å². The molecule has 18 heavy (non-hydrogen) atoms. The number of rotatable bonds is 2. The smallest absolute Gasteiger partial charge is 0.251 e. The molecule has 1 N–H and O–H groups in total. The fraction of sp³-hybridized carbons (Fsp3) is 0.154. The van der Waals surface area contributed by atoms with Crippen LogP contribution in [0.15, 0.2) is 24.3 Å². The van der Waals surface area contributed by atoms with Gasteiger partial charge in [0.15, 0.2) is 17.5 Å². The summed E-state index contributed by atoms with van der Waals surface area (Å²) in [5.41, 5.74) is 2.65. The van der Waals surface area contributed by atoms with Crippen molar-refractivity contribution in [1.82, 2.24) is 4.98 Å². The van der Waals surface area contributed by atoms with Gasteiger partial charge < -0.3 is 5.32 Å². The molecule has 94 valence electrons. The van der Waals surface area contributed by atoms with Gasteiger partial charge in [-0.05, 0) is 37.1 Å². The molecule has 0 saturated heterocycles. The van der Waals surface area contributed by atoms with Gasteiger partial charge in [0.2, 0.25) is 0 Å². The highest BCUT2D eigenvalue weighted by atomic mass is 19.2. The Morgan fingerprint density at radius 1 is 0.944 bits per heavy atom. The van der Waals surface area contributed by atoms with Crippen LogP contribution in [-0.2, 0) is 0 Å². The van der Waals surface area contributed by atoms with E-state index in [1.54, 1.807) is 12.1 Å². The third-order valence-electron chi connectivity index (χ3n) is 2.66. The van der Waals surface area contributed by atoms with Crippen molar-refractivity contribution in [3.8, 4) is 0 Å². The van der Waals surface area contributed by atoms with E-state index in [2.05, 4.69) is 10.3 Å². The molecule has 0 amide bonds. The standard InChI is InChI=1S/C13H11F3N2/c1-7-3-4-9(5-8(7)2)17-13-11(15)6-10(14)12(16)18-13/h3-6H,1-2H3,(H,17,18). The number of nitrogens with one attached hydrogen (secondary N) is 1. The van der Waals surface area contributed by atoms with Crippen LogP contribution in [0.3, 0.4) is 0 Å². The highest BCUT2D eigenvalue weighted by molar-refractivity contribution is 5.58. The third kappa shape index (κ3) is 2.45. The molecule has 2 nitrogen and oxygen atoms in total. The Hall–Kier alpha value is -2.04. The summed E-state index contributed by atoms with van der Waals surface area (Å²) in [6, 6.07) is 5.80. The van der Waals surface area contributed by atoms with Gasteiger partial charge in [-0.2, -0.15) is 9.37 Å². The molecule has 0 spiro atoms. The molecule has 0 unspecified atom stereocenters. The third-order valence-corrected chi connectivity index (χ3v) is 2.66. The Kier molecular flexibility index (Phi) is 3.23. The van der Waals surface area contributed by atoms with Crippen LogP contribution in [0.25, 0.3) is 0 Å². The SMILES string of the molecule is Cc1ccc(Nc2nc(F)c(F)cc2F)cc1C. The number of nitrogens with zero attached hydrogens (tertiary/aromatic N) is 1. The van der Waals surface area contributed by atoms with Crippen LogP contribution in [0.1, 0.15) is 11.1 Å². The lowest BCUT2D eigenvalue weighted by molar-refractivity contribution is 0.467. The lowest BCUT2D eigenvalue weighted by Crippen LogP contribution is -2.01. The van der Waals surface area contributed by atoms with Crippen LogP contribution in [0.2, 0.25) is 0 Å². The second-order valence-electron chi connectivity index (χ2n) is 4.02. The van der Waals surface area contributed by atoms with E-state index in [1.165, 1.54) is 0 Å². The summed E-state index contributed by atoms with van der Waals surface area (Å²) in [5, 5.41) is 2.62. The van der Waals surface area contributed by atoms with E-state index in [4.69, 9.17) is 0 Å². The minimum atomic E-state index is -1.33.